The van der Waals surface area contributed by atoms with Gasteiger partial charge in [-0.05, 0) is 42.5 Å². The predicted molar refractivity (Wildman–Crippen MR) is 102 cm³/mol. The van der Waals surface area contributed by atoms with E-state index >= 15 is 0 Å². The number of carbonyl (C=O) groups is 2. The summed E-state index contributed by atoms with van der Waals surface area (Å²) in [6, 6.07) is 15.7. The summed E-state index contributed by atoms with van der Waals surface area (Å²) >= 11 is 0. The highest BCUT2D eigenvalue weighted by Gasteiger charge is 2.36. The number of urea groups is 1. The van der Waals surface area contributed by atoms with Gasteiger partial charge in [-0.2, -0.15) is 0 Å². The summed E-state index contributed by atoms with van der Waals surface area (Å²) in [5.74, 6) is -0.270. The molecule has 5 nitrogen and oxygen atoms in total. The van der Waals surface area contributed by atoms with Gasteiger partial charge in [-0.25, -0.2) is 9.18 Å². The van der Waals surface area contributed by atoms with Crippen LogP contribution in [-0.2, 0) is 16.8 Å². The van der Waals surface area contributed by atoms with Crippen LogP contribution in [0.15, 0.2) is 54.6 Å². The standard InChI is InChI=1S/C21H24FN3O2/c22-18-10-8-16(9-11-18)12-14-23-20(27)24-15-21(13-4-7-19(26)25-21)17-5-2-1-3-6-17/h1-3,5-6,8-11H,4,7,12-15H2,(H,25,26)(H2,23,24,27). The highest BCUT2D eigenvalue weighted by Crippen LogP contribution is 2.30. The fourth-order valence-corrected chi connectivity index (χ4v) is 3.42. The molecule has 1 atom stereocenters. The fraction of sp³-hybridized carbons (Fsp3) is 0.333. The van der Waals surface area contributed by atoms with Crippen molar-refractivity contribution in [3.63, 3.8) is 0 Å². The molecule has 2 aromatic carbocycles. The smallest absolute Gasteiger partial charge is 0.314 e. The van der Waals surface area contributed by atoms with E-state index in [1.54, 1.807) is 12.1 Å². The topological polar surface area (TPSA) is 70.2 Å². The third-order valence-corrected chi connectivity index (χ3v) is 4.88. The second-order valence-electron chi connectivity index (χ2n) is 6.84. The number of nitrogens with one attached hydrogen (secondary N) is 3. The average Bonchev–Trinajstić information content (AvgIpc) is 2.69. The minimum atomic E-state index is -0.578. The predicted octanol–water partition coefficient (Wildman–Crippen LogP) is 2.86. The molecule has 0 bridgehead atoms. The highest BCUT2D eigenvalue weighted by molar-refractivity contribution is 5.78. The van der Waals surface area contributed by atoms with Gasteiger partial charge in [0.15, 0.2) is 0 Å². The van der Waals surface area contributed by atoms with Crippen LogP contribution in [0.5, 0.6) is 0 Å². The van der Waals surface area contributed by atoms with E-state index in [0.29, 0.717) is 25.9 Å². The molecule has 2 aromatic rings. The molecule has 3 rings (SSSR count). The molecule has 1 heterocycles. The third-order valence-electron chi connectivity index (χ3n) is 4.88. The van der Waals surface area contributed by atoms with Gasteiger partial charge < -0.3 is 16.0 Å². The lowest BCUT2D eigenvalue weighted by atomic mass is 9.82. The number of amides is 3. The van der Waals surface area contributed by atoms with Crippen molar-refractivity contribution in [3.8, 4) is 0 Å². The lowest BCUT2D eigenvalue weighted by molar-refractivity contribution is -0.125. The Hall–Kier alpha value is -2.89. The van der Waals surface area contributed by atoms with Crippen LogP contribution in [0.1, 0.15) is 30.4 Å². The number of hydrogen-bond donors (Lipinski definition) is 3. The molecule has 1 aliphatic heterocycles. The molecule has 3 amide bonds. The minimum Gasteiger partial charge on any atom is -0.345 e. The Morgan fingerprint density at radius 3 is 2.52 bits per heavy atom. The zero-order valence-electron chi connectivity index (χ0n) is 15.1. The van der Waals surface area contributed by atoms with Crippen LogP contribution in [0.4, 0.5) is 9.18 Å². The van der Waals surface area contributed by atoms with Crippen molar-refractivity contribution < 1.29 is 14.0 Å². The van der Waals surface area contributed by atoms with E-state index in [2.05, 4.69) is 16.0 Å². The highest BCUT2D eigenvalue weighted by atomic mass is 19.1. The van der Waals surface area contributed by atoms with E-state index in [9.17, 15) is 14.0 Å². The normalized spacial score (nSPS) is 19.2. The maximum Gasteiger partial charge on any atom is 0.314 e. The van der Waals surface area contributed by atoms with Crippen LogP contribution in [0.2, 0.25) is 0 Å². The van der Waals surface area contributed by atoms with Gasteiger partial charge in [-0.1, -0.05) is 42.5 Å². The quantitative estimate of drug-likeness (QED) is 0.733. The van der Waals surface area contributed by atoms with Gasteiger partial charge in [-0.15, -0.1) is 0 Å². The average molecular weight is 369 g/mol. The maximum atomic E-state index is 12.9. The molecular formula is C21H24FN3O2. The Bertz CT molecular complexity index is 780. The van der Waals surface area contributed by atoms with Crippen molar-refractivity contribution in [2.75, 3.05) is 13.1 Å². The van der Waals surface area contributed by atoms with Gasteiger partial charge in [0.2, 0.25) is 5.91 Å². The fourth-order valence-electron chi connectivity index (χ4n) is 3.42. The summed E-state index contributed by atoms with van der Waals surface area (Å²) in [5.41, 5.74) is 1.37. The van der Waals surface area contributed by atoms with E-state index < -0.39 is 5.54 Å². The van der Waals surface area contributed by atoms with Crippen molar-refractivity contribution in [2.45, 2.75) is 31.2 Å². The van der Waals surface area contributed by atoms with Crippen molar-refractivity contribution in [3.05, 3.63) is 71.5 Å². The number of carbonyl (C=O) groups excluding carboxylic acids is 2. The Kier molecular flexibility index (Phi) is 6.06. The molecule has 27 heavy (non-hydrogen) atoms. The molecule has 1 aliphatic rings. The van der Waals surface area contributed by atoms with Crippen LogP contribution in [-0.4, -0.2) is 25.0 Å². The van der Waals surface area contributed by atoms with E-state index in [-0.39, 0.29) is 17.8 Å². The summed E-state index contributed by atoms with van der Waals surface area (Å²) in [5, 5.41) is 8.76. The SMILES string of the molecule is O=C1CCCC(CNC(=O)NCCc2ccc(F)cc2)(c2ccccc2)N1. The summed E-state index contributed by atoms with van der Waals surface area (Å²) in [4.78, 5) is 24.2. The first-order valence-electron chi connectivity index (χ1n) is 9.20. The number of hydrogen-bond acceptors (Lipinski definition) is 2. The van der Waals surface area contributed by atoms with Gasteiger partial charge in [-0.3, -0.25) is 4.79 Å². The second kappa shape index (κ2) is 8.66. The molecule has 142 valence electrons. The first-order valence-corrected chi connectivity index (χ1v) is 9.20. The Morgan fingerprint density at radius 2 is 1.81 bits per heavy atom. The van der Waals surface area contributed by atoms with Crippen LogP contribution < -0.4 is 16.0 Å². The zero-order valence-corrected chi connectivity index (χ0v) is 15.1. The molecule has 3 N–H and O–H groups in total. The van der Waals surface area contributed by atoms with E-state index in [1.807, 2.05) is 30.3 Å². The summed E-state index contributed by atoms with van der Waals surface area (Å²) in [6.07, 6.45) is 2.69. The van der Waals surface area contributed by atoms with Crippen LogP contribution in [0, 0.1) is 5.82 Å². The van der Waals surface area contributed by atoms with Crippen LogP contribution >= 0.6 is 0 Å². The van der Waals surface area contributed by atoms with Gasteiger partial charge in [0.05, 0.1) is 5.54 Å². The van der Waals surface area contributed by atoms with Gasteiger partial charge in [0.1, 0.15) is 5.82 Å². The van der Waals surface area contributed by atoms with E-state index in [0.717, 1.165) is 24.0 Å². The minimum absolute atomic E-state index is 0.00335. The first kappa shape index (κ1) is 18.9. The third kappa shape index (κ3) is 5.06. The van der Waals surface area contributed by atoms with Crippen molar-refractivity contribution in [2.24, 2.45) is 0 Å². The van der Waals surface area contributed by atoms with Crippen LogP contribution in [0.25, 0.3) is 0 Å². The Morgan fingerprint density at radius 1 is 1.07 bits per heavy atom. The van der Waals surface area contributed by atoms with Gasteiger partial charge in [0, 0.05) is 19.5 Å². The molecule has 1 saturated heterocycles. The molecule has 0 radical (unpaired) electrons. The van der Waals surface area contributed by atoms with Gasteiger partial charge in [0.25, 0.3) is 0 Å². The lowest BCUT2D eigenvalue weighted by Crippen LogP contribution is -2.56. The van der Waals surface area contributed by atoms with Crippen LogP contribution in [0.3, 0.4) is 0 Å². The monoisotopic (exact) mass is 369 g/mol. The Labute approximate surface area is 158 Å². The number of benzene rings is 2. The number of piperidine rings is 1. The molecule has 0 spiro atoms. The van der Waals surface area contributed by atoms with E-state index in [1.165, 1.54) is 12.1 Å². The number of rotatable bonds is 6. The summed E-state index contributed by atoms with van der Waals surface area (Å²) in [6.45, 7) is 0.771. The van der Waals surface area contributed by atoms with Crippen molar-refractivity contribution in [1.29, 1.82) is 0 Å². The van der Waals surface area contributed by atoms with Crippen molar-refractivity contribution in [1.82, 2.24) is 16.0 Å². The molecular weight excluding hydrogens is 345 g/mol. The summed E-state index contributed by atoms with van der Waals surface area (Å²) < 4.78 is 12.9. The van der Waals surface area contributed by atoms with Crippen molar-refractivity contribution >= 4 is 11.9 Å². The Balaban J connectivity index is 1.54. The zero-order chi connectivity index (χ0) is 19.1. The van der Waals surface area contributed by atoms with Gasteiger partial charge >= 0.3 is 6.03 Å². The molecule has 1 fully saturated rings. The molecule has 6 heteroatoms. The largest absolute Gasteiger partial charge is 0.345 e. The molecule has 0 aromatic heterocycles. The molecule has 0 aliphatic carbocycles. The summed E-state index contributed by atoms with van der Waals surface area (Å²) in [7, 11) is 0. The lowest BCUT2D eigenvalue weighted by Gasteiger charge is -2.38. The first-order chi connectivity index (χ1) is 13.1. The number of halogens is 1. The maximum absolute atomic E-state index is 12.9. The van der Waals surface area contributed by atoms with E-state index in [4.69, 9.17) is 0 Å². The molecule has 0 saturated carbocycles. The molecule has 1 unspecified atom stereocenters. The second-order valence-corrected chi connectivity index (χ2v) is 6.84.